The number of tetrazole rings is 1. The zero-order chi connectivity index (χ0) is 14.4. The molecule has 1 atom stereocenters. The summed E-state index contributed by atoms with van der Waals surface area (Å²) in [5.74, 6) is 0.791. The lowest BCUT2D eigenvalue weighted by Crippen LogP contribution is -2.25. The molecule has 1 unspecified atom stereocenters. The molecule has 1 aromatic heterocycles. The second-order valence-corrected chi connectivity index (χ2v) is 5.20. The SMILES string of the molecule is COCCNC(C)c1nnnn1-c1cccc(SC)c1. The van der Waals surface area contributed by atoms with E-state index < -0.39 is 0 Å². The third kappa shape index (κ3) is 3.56. The summed E-state index contributed by atoms with van der Waals surface area (Å²) in [5.41, 5.74) is 0.970. The Bertz CT molecular complexity index is 545. The Morgan fingerprint density at radius 3 is 3.05 bits per heavy atom. The van der Waals surface area contributed by atoms with E-state index in [9.17, 15) is 0 Å². The molecule has 1 N–H and O–H groups in total. The highest BCUT2D eigenvalue weighted by atomic mass is 32.2. The van der Waals surface area contributed by atoms with Crippen molar-refractivity contribution >= 4 is 11.8 Å². The molecule has 7 heteroatoms. The summed E-state index contributed by atoms with van der Waals surface area (Å²) in [6.45, 7) is 3.46. The molecule has 0 aliphatic rings. The van der Waals surface area contributed by atoms with Crippen LogP contribution >= 0.6 is 11.8 Å². The van der Waals surface area contributed by atoms with Gasteiger partial charge in [0.1, 0.15) is 0 Å². The number of methoxy groups -OCH3 is 1. The first-order chi connectivity index (χ1) is 9.76. The molecule has 0 aliphatic heterocycles. The topological polar surface area (TPSA) is 64.9 Å². The van der Waals surface area contributed by atoms with Crippen molar-refractivity contribution in [2.45, 2.75) is 17.9 Å². The molecule has 20 heavy (non-hydrogen) atoms. The summed E-state index contributed by atoms with van der Waals surface area (Å²) in [7, 11) is 1.68. The van der Waals surface area contributed by atoms with Gasteiger partial charge in [-0.05, 0) is 41.8 Å². The summed E-state index contributed by atoms with van der Waals surface area (Å²) in [4.78, 5) is 1.18. The van der Waals surface area contributed by atoms with E-state index >= 15 is 0 Å². The van der Waals surface area contributed by atoms with Crippen LogP contribution in [-0.4, -0.2) is 46.7 Å². The Labute approximate surface area is 122 Å². The zero-order valence-electron chi connectivity index (χ0n) is 11.9. The monoisotopic (exact) mass is 293 g/mol. The molecule has 0 amide bonds. The lowest BCUT2D eigenvalue weighted by molar-refractivity contribution is 0.196. The Kier molecular flexibility index (Phi) is 5.51. The second kappa shape index (κ2) is 7.37. The van der Waals surface area contributed by atoms with Gasteiger partial charge in [0, 0.05) is 18.6 Å². The molecular weight excluding hydrogens is 274 g/mol. The minimum Gasteiger partial charge on any atom is -0.383 e. The number of hydrogen-bond donors (Lipinski definition) is 1. The number of benzene rings is 1. The molecule has 108 valence electrons. The number of hydrogen-bond acceptors (Lipinski definition) is 6. The summed E-state index contributed by atoms with van der Waals surface area (Å²) in [6.07, 6.45) is 2.05. The van der Waals surface area contributed by atoms with Gasteiger partial charge in [0.25, 0.3) is 0 Å². The van der Waals surface area contributed by atoms with Crippen molar-refractivity contribution in [1.82, 2.24) is 25.5 Å². The number of rotatable bonds is 7. The van der Waals surface area contributed by atoms with E-state index in [1.807, 2.05) is 19.1 Å². The fourth-order valence-electron chi connectivity index (χ4n) is 1.86. The van der Waals surface area contributed by atoms with Gasteiger partial charge >= 0.3 is 0 Å². The minimum absolute atomic E-state index is 0.0538. The third-order valence-electron chi connectivity index (χ3n) is 2.94. The van der Waals surface area contributed by atoms with Crippen LogP contribution in [0.15, 0.2) is 29.2 Å². The van der Waals surface area contributed by atoms with Gasteiger partial charge in [-0.1, -0.05) is 6.07 Å². The van der Waals surface area contributed by atoms with Crippen molar-refractivity contribution in [3.05, 3.63) is 30.1 Å². The van der Waals surface area contributed by atoms with E-state index in [0.29, 0.717) is 6.61 Å². The lowest BCUT2D eigenvalue weighted by atomic mass is 10.3. The Morgan fingerprint density at radius 2 is 2.30 bits per heavy atom. The number of nitrogens with one attached hydrogen (secondary N) is 1. The average Bonchev–Trinajstić information content (AvgIpc) is 2.97. The van der Waals surface area contributed by atoms with Crippen LogP contribution in [-0.2, 0) is 4.74 Å². The van der Waals surface area contributed by atoms with Gasteiger partial charge in [-0.25, -0.2) is 0 Å². The van der Waals surface area contributed by atoms with E-state index in [4.69, 9.17) is 4.74 Å². The summed E-state index contributed by atoms with van der Waals surface area (Å²) < 4.78 is 6.80. The quantitative estimate of drug-likeness (QED) is 0.619. The Balaban J connectivity index is 2.18. The van der Waals surface area contributed by atoms with E-state index in [1.165, 1.54) is 4.90 Å². The fourth-order valence-corrected chi connectivity index (χ4v) is 2.31. The van der Waals surface area contributed by atoms with Crippen LogP contribution in [0, 0.1) is 0 Å². The predicted octanol–water partition coefficient (Wildman–Crippen LogP) is 1.68. The average molecular weight is 293 g/mol. The van der Waals surface area contributed by atoms with E-state index in [0.717, 1.165) is 18.1 Å². The van der Waals surface area contributed by atoms with Crippen molar-refractivity contribution in [2.24, 2.45) is 0 Å². The van der Waals surface area contributed by atoms with Crippen LogP contribution in [0.25, 0.3) is 5.69 Å². The van der Waals surface area contributed by atoms with Gasteiger partial charge in [0.2, 0.25) is 0 Å². The van der Waals surface area contributed by atoms with Crippen molar-refractivity contribution in [1.29, 1.82) is 0 Å². The van der Waals surface area contributed by atoms with Crippen LogP contribution in [0.5, 0.6) is 0 Å². The van der Waals surface area contributed by atoms with Crippen LogP contribution in [0.4, 0.5) is 0 Å². The summed E-state index contributed by atoms with van der Waals surface area (Å²) >= 11 is 1.70. The molecule has 1 heterocycles. The lowest BCUT2D eigenvalue weighted by Gasteiger charge is -2.13. The van der Waals surface area contributed by atoms with Crippen LogP contribution < -0.4 is 5.32 Å². The first kappa shape index (κ1) is 15.0. The molecule has 6 nitrogen and oxygen atoms in total. The zero-order valence-corrected chi connectivity index (χ0v) is 12.7. The van der Waals surface area contributed by atoms with Crippen molar-refractivity contribution in [2.75, 3.05) is 26.5 Å². The molecule has 2 rings (SSSR count). The Hall–Kier alpha value is -1.44. The molecule has 0 aliphatic carbocycles. The van der Waals surface area contributed by atoms with Gasteiger partial charge in [-0.2, -0.15) is 4.68 Å². The maximum Gasteiger partial charge on any atom is 0.173 e. The Morgan fingerprint density at radius 1 is 1.45 bits per heavy atom. The molecule has 0 radical (unpaired) electrons. The van der Waals surface area contributed by atoms with Gasteiger partial charge in [-0.3, -0.25) is 0 Å². The molecule has 2 aromatic rings. The summed E-state index contributed by atoms with van der Waals surface area (Å²) in [6, 6.07) is 8.21. The molecule has 1 aromatic carbocycles. The minimum atomic E-state index is 0.0538. The molecule has 0 bridgehead atoms. The van der Waals surface area contributed by atoms with Crippen molar-refractivity contribution < 1.29 is 4.74 Å². The highest BCUT2D eigenvalue weighted by Crippen LogP contribution is 2.20. The van der Waals surface area contributed by atoms with Gasteiger partial charge in [-0.15, -0.1) is 16.9 Å². The van der Waals surface area contributed by atoms with Crippen molar-refractivity contribution in [3.63, 3.8) is 0 Å². The normalized spacial score (nSPS) is 12.6. The van der Waals surface area contributed by atoms with Crippen LogP contribution in [0.3, 0.4) is 0 Å². The largest absolute Gasteiger partial charge is 0.383 e. The van der Waals surface area contributed by atoms with E-state index in [2.05, 4.69) is 39.2 Å². The highest BCUT2D eigenvalue weighted by Gasteiger charge is 2.15. The fraction of sp³-hybridized carbons (Fsp3) is 0.462. The van der Waals surface area contributed by atoms with E-state index in [-0.39, 0.29) is 6.04 Å². The highest BCUT2D eigenvalue weighted by molar-refractivity contribution is 7.98. The van der Waals surface area contributed by atoms with Gasteiger partial charge in [0.15, 0.2) is 5.82 Å². The third-order valence-corrected chi connectivity index (χ3v) is 3.66. The molecular formula is C13H19N5OS. The molecule has 0 saturated heterocycles. The number of thioether (sulfide) groups is 1. The predicted molar refractivity (Wildman–Crippen MR) is 79.2 cm³/mol. The standard InChI is InChI=1S/C13H19N5OS/c1-10(14-7-8-19-2)13-15-16-17-18(13)11-5-4-6-12(9-11)20-3/h4-6,9-10,14H,7-8H2,1-3H3. The second-order valence-electron chi connectivity index (χ2n) is 4.32. The van der Waals surface area contributed by atoms with Crippen LogP contribution in [0.1, 0.15) is 18.8 Å². The molecule has 0 spiro atoms. The van der Waals surface area contributed by atoms with Crippen molar-refractivity contribution in [3.8, 4) is 5.69 Å². The number of nitrogens with zero attached hydrogens (tertiary/aromatic N) is 4. The first-order valence-electron chi connectivity index (χ1n) is 6.41. The summed E-state index contributed by atoms with van der Waals surface area (Å²) in [5, 5.41) is 15.3. The van der Waals surface area contributed by atoms with Crippen LogP contribution in [0.2, 0.25) is 0 Å². The van der Waals surface area contributed by atoms with Gasteiger partial charge < -0.3 is 10.1 Å². The number of ether oxygens (including phenoxy) is 1. The maximum atomic E-state index is 5.03. The van der Waals surface area contributed by atoms with Gasteiger partial charge in [0.05, 0.1) is 18.3 Å². The maximum absolute atomic E-state index is 5.03. The molecule has 0 fully saturated rings. The molecule has 0 saturated carbocycles. The number of aromatic nitrogens is 4. The van der Waals surface area contributed by atoms with E-state index in [1.54, 1.807) is 23.6 Å². The first-order valence-corrected chi connectivity index (χ1v) is 7.63. The smallest absolute Gasteiger partial charge is 0.173 e.